The molecule has 5 nitrogen and oxygen atoms in total. The van der Waals surface area contributed by atoms with Crippen LogP contribution in [0.25, 0.3) is 0 Å². The molecule has 1 amide bonds. The standard InChI is InChI=1S/C16H22N2O3S/c1-12-3-5-14(6-4-12)22(20,21)18-9-7-17(8-10-18)16(19)15-11-13(15)2/h3-6,13,15H,7-11H2,1-2H3/t13-,15-/m1/s1. The van der Waals surface area contributed by atoms with Crippen LogP contribution < -0.4 is 0 Å². The molecule has 1 aromatic carbocycles. The van der Waals surface area contributed by atoms with Gasteiger partial charge in [0, 0.05) is 32.1 Å². The minimum atomic E-state index is -3.45. The normalized spacial score (nSPS) is 26.0. The second kappa shape index (κ2) is 5.66. The smallest absolute Gasteiger partial charge is 0.243 e. The van der Waals surface area contributed by atoms with Crippen molar-refractivity contribution in [1.82, 2.24) is 9.21 Å². The number of carbonyl (C=O) groups is 1. The summed E-state index contributed by atoms with van der Waals surface area (Å²) in [5, 5.41) is 0. The van der Waals surface area contributed by atoms with Crippen LogP contribution in [0, 0.1) is 18.8 Å². The molecule has 1 aliphatic carbocycles. The number of amides is 1. The molecule has 1 saturated carbocycles. The van der Waals surface area contributed by atoms with Crippen LogP contribution in [0.4, 0.5) is 0 Å². The van der Waals surface area contributed by atoms with Gasteiger partial charge in [-0.3, -0.25) is 4.79 Å². The van der Waals surface area contributed by atoms with Crippen molar-refractivity contribution in [3.63, 3.8) is 0 Å². The van der Waals surface area contributed by atoms with E-state index in [4.69, 9.17) is 0 Å². The number of nitrogens with zero attached hydrogens (tertiary/aromatic N) is 2. The van der Waals surface area contributed by atoms with Gasteiger partial charge in [-0.25, -0.2) is 8.42 Å². The maximum Gasteiger partial charge on any atom is 0.243 e. The van der Waals surface area contributed by atoms with Gasteiger partial charge in [-0.05, 0) is 31.4 Å². The summed E-state index contributed by atoms with van der Waals surface area (Å²) in [5.74, 6) is 0.849. The van der Waals surface area contributed by atoms with E-state index in [0.29, 0.717) is 37.0 Å². The van der Waals surface area contributed by atoms with E-state index in [2.05, 4.69) is 6.92 Å². The second-order valence-corrected chi connectivity index (χ2v) is 8.30. The average Bonchev–Trinajstić information content (AvgIpc) is 3.24. The van der Waals surface area contributed by atoms with Crippen molar-refractivity contribution >= 4 is 15.9 Å². The quantitative estimate of drug-likeness (QED) is 0.847. The summed E-state index contributed by atoms with van der Waals surface area (Å²) in [7, 11) is -3.45. The van der Waals surface area contributed by atoms with Gasteiger partial charge in [0.2, 0.25) is 15.9 Å². The number of hydrogen-bond acceptors (Lipinski definition) is 3. The zero-order chi connectivity index (χ0) is 15.9. The molecule has 0 aromatic heterocycles. The second-order valence-electron chi connectivity index (χ2n) is 6.36. The monoisotopic (exact) mass is 322 g/mol. The van der Waals surface area contributed by atoms with E-state index in [1.54, 1.807) is 24.3 Å². The molecular formula is C16H22N2O3S. The third-order valence-electron chi connectivity index (χ3n) is 4.64. The number of aryl methyl sites for hydroxylation is 1. The Morgan fingerprint density at radius 2 is 1.64 bits per heavy atom. The van der Waals surface area contributed by atoms with Crippen molar-refractivity contribution in [1.29, 1.82) is 0 Å². The lowest BCUT2D eigenvalue weighted by Crippen LogP contribution is -2.51. The molecule has 22 heavy (non-hydrogen) atoms. The van der Waals surface area contributed by atoms with Crippen LogP contribution in [-0.2, 0) is 14.8 Å². The Bertz CT molecular complexity index is 661. The zero-order valence-electron chi connectivity index (χ0n) is 13.0. The molecule has 120 valence electrons. The summed E-state index contributed by atoms with van der Waals surface area (Å²) in [4.78, 5) is 14.3. The first-order valence-electron chi connectivity index (χ1n) is 7.75. The Balaban J connectivity index is 1.65. The lowest BCUT2D eigenvalue weighted by Gasteiger charge is -2.34. The first kappa shape index (κ1) is 15.5. The van der Waals surface area contributed by atoms with E-state index >= 15 is 0 Å². The summed E-state index contributed by atoms with van der Waals surface area (Å²) < 4.78 is 26.7. The summed E-state index contributed by atoms with van der Waals surface area (Å²) in [6.07, 6.45) is 0.973. The van der Waals surface area contributed by atoms with Gasteiger partial charge in [0.1, 0.15) is 0 Å². The molecule has 1 aliphatic heterocycles. The van der Waals surface area contributed by atoms with Gasteiger partial charge in [-0.1, -0.05) is 24.6 Å². The fourth-order valence-electron chi connectivity index (χ4n) is 2.91. The van der Waals surface area contributed by atoms with Crippen LogP contribution >= 0.6 is 0 Å². The van der Waals surface area contributed by atoms with E-state index in [9.17, 15) is 13.2 Å². The summed E-state index contributed by atoms with van der Waals surface area (Å²) in [5.41, 5.74) is 1.04. The van der Waals surface area contributed by atoms with Crippen LogP contribution in [0.3, 0.4) is 0 Å². The number of hydrogen-bond donors (Lipinski definition) is 0. The van der Waals surface area contributed by atoms with Crippen LogP contribution in [0.1, 0.15) is 18.9 Å². The lowest BCUT2D eigenvalue weighted by atomic mass is 10.2. The molecule has 1 heterocycles. The average molecular weight is 322 g/mol. The van der Waals surface area contributed by atoms with E-state index in [1.165, 1.54) is 4.31 Å². The molecule has 0 radical (unpaired) electrons. The fourth-order valence-corrected chi connectivity index (χ4v) is 4.33. The lowest BCUT2D eigenvalue weighted by molar-refractivity contribution is -0.134. The minimum absolute atomic E-state index is 0.167. The maximum atomic E-state index is 12.6. The van der Waals surface area contributed by atoms with Gasteiger partial charge in [0.15, 0.2) is 0 Å². The molecule has 2 atom stereocenters. The van der Waals surface area contributed by atoms with E-state index in [-0.39, 0.29) is 11.8 Å². The third-order valence-corrected chi connectivity index (χ3v) is 6.55. The fraction of sp³-hybridized carbons (Fsp3) is 0.562. The van der Waals surface area contributed by atoms with E-state index in [1.807, 2.05) is 11.8 Å². The zero-order valence-corrected chi connectivity index (χ0v) is 13.8. The molecule has 0 bridgehead atoms. The van der Waals surface area contributed by atoms with Crippen molar-refractivity contribution in [3.8, 4) is 0 Å². The molecule has 6 heteroatoms. The van der Waals surface area contributed by atoms with Gasteiger partial charge in [-0.15, -0.1) is 0 Å². The highest BCUT2D eigenvalue weighted by molar-refractivity contribution is 7.89. The highest BCUT2D eigenvalue weighted by Crippen LogP contribution is 2.39. The van der Waals surface area contributed by atoms with Crippen LogP contribution in [0.15, 0.2) is 29.2 Å². The largest absolute Gasteiger partial charge is 0.340 e. The van der Waals surface area contributed by atoms with Gasteiger partial charge in [-0.2, -0.15) is 4.31 Å². The van der Waals surface area contributed by atoms with Crippen molar-refractivity contribution in [2.24, 2.45) is 11.8 Å². The first-order chi connectivity index (χ1) is 10.4. The van der Waals surface area contributed by atoms with E-state index < -0.39 is 10.0 Å². The SMILES string of the molecule is Cc1ccc(S(=O)(=O)N2CCN(C(=O)[C@@H]3C[C@H]3C)CC2)cc1. The van der Waals surface area contributed by atoms with Gasteiger partial charge in [0.25, 0.3) is 0 Å². The Hall–Kier alpha value is -1.40. The molecule has 2 aliphatic rings. The first-order valence-corrected chi connectivity index (χ1v) is 9.19. The summed E-state index contributed by atoms with van der Waals surface area (Å²) in [6.45, 7) is 5.76. The van der Waals surface area contributed by atoms with Crippen molar-refractivity contribution in [2.75, 3.05) is 26.2 Å². The van der Waals surface area contributed by atoms with Gasteiger partial charge in [0.05, 0.1) is 4.90 Å². The number of piperazine rings is 1. The summed E-state index contributed by atoms with van der Waals surface area (Å²) >= 11 is 0. The molecule has 3 rings (SSSR count). The number of sulfonamides is 1. The highest BCUT2D eigenvalue weighted by Gasteiger charge is 2.42. The number of rotatable bonds is 3. The van der Waals surface area contributed by atoms with Gasteiger partial charge < -0.3 is 4.90 Å². The Kier molecular flexibility index (Phi) is 3.99. The Labute approximate surface area is 132 Å². The Morgan fingerprint density at radius 1 is 1.09 bits per heavy atom. The van der Waals surface area contributed by atoms with Crippen LogP contribution in [0.2, 0.25) is 0 Å². The molecule has 0 N–H and O–H groups in total. The minimum Gasteiger partial charge on any atom is -0.340 e. The maximum absolute atomic E-state index is 12.6. The molecular weight excluding hydrogens is 300 g/mol. The number of carbonyl (C=O) groups excluding carboxylic acids is 1. The predicted molar refractivity (Wildman–Crippen MR) is 83.8 cm³/mol. The molecule has 0 spiro atoms. The third kappa shape index (κ3) is 2.90. The van der Waals surface area contributed by atoms with Crippen molar-refractivity contribution in [2.45, 2.75) is 25.2 Å². The molecule has 0 unspecified atom stereocenters. The molecule has 1 saturated heterocycles. The van der Waals surface area contributed by atoms with Crippen molar-refractivity contribution in [3.05, 3.63) is 29.8 Å². The predicted octanol–water partition coefficient (Wildman–Crippen LogP) is 1.48. The molecule has 2 fully saturated rings. The molecule has 1 aromatic rings. The van der Waals surface area contributed by atoms with Crippen LogP contribution in [-0.4, -0.2) is 49.7 Å². The van der Waals surface area contributed by atoms with Gasteiger partial charge >= 0.3 is 0 Å². The van der Waals surface area contributed by atoms with E-state index in [0.717, 1.165) is 12.0 Å². The number of benzene rings is 1. The highest BCUT2D eigenvalue weighted by atomic mass is 32.2. The summed E-state index contributed by atoms with van der Waals surface area (Å²) in [6, 6.07) is 6.91. The van der Waals surface area contributed by atoms with Crippen molar-refractivity contribution < 1.29 is 13.2 Å². The Morgan fingerprint density at radius 3 is 2.14 bits per heavy atom. The van der Waals surface area contributed by atoms with Crippen LogP contribution in [0.5, 0.6) is 0 Å². The topological polar surface area (TPSA) is 57.7 Å².